The number of rotatable bonds is 10. The summed E-state index contributed by atoms with van der Waals surface area (Å²) in [6, 6.07) is 13.7. The van der Waals surface area contributed by atoms with Crippen molar-refractivity contribution < 1.29 is 36.7 Å². The fourth-order valence-corrected chi connectivity index (χ4v) is 6.18. The van der Waals surface area contributed by atoms with Crippen molar-refractivity contribution in [2.24, 2.45) is 0 Å². The molecule has 2 heterocycles. The molecule has 0 saturated carbocycles. The van der Waals surface area contributed by atoms with Gasteiger partial charge in [-0.2, -0.15) is 0 Å². The molecule has 0 N–H and O–H groups in total. The van der Waals surface area contributed by atoms with Gasteiger partial charge in [0, 0.05) is 46.8 Å². The van der Waals surface area contributed by atoms with Crippen LogP contribution in [0.25, 0.3) is 11.6 Å². The molecule has 0 fully saturated rings. The average Bonchev–Trinajstić information content (AvgIpc) is 2.98. The number of Topliss-reactive ketones (excluding diaryl/α,β-unsaturated/α-hetero) is 2. The first-order chi connectivity index (χ1) is 23.5. The van der Waals surface area contributed by atoms with Crippen LogP contribution in [0.15, 0.2) is 78.8 Å². The van der Waals surface area contributed by atoms with Crippen molar-refractivity contribution in [1.29, 1.82) is 0 Å². The minimum absolute atomic E-state index is 0. The quantitative estimate of drug-likeness (QED) is 0.0894. The van der Waals surface area contributed by atoms with E-state index in [2.05, 4.69) is 78.4 Å². The smallest absolute Gasteiger partial charge is 0.302 e. The number of carbonyl (C=O) groups excluding carboxylic acids is 3. The summed E-state index contributed by atoms with van der Waals surface area (Å²) in [5.41, 5.74) is 2.65. The molecule has 0 spiro atoms. The second-order valence-corrected chi connectivity index (χ2v) is 14.1. The van der Waals surface area contributed by atoms with Crippen LogP contribution in [0.2, 0.25) is 0 Å². The van der Waals surface area contributed by atoms with Crippen molar-refractivity contribution in [3.63, 3.8) is 0 Å². The maximum Gasteiger partial charge on any atom is 0.302 e. The molecule has 0 aliphatic carbocycles. The minimum atomic E-state index is -0.672. The standard InChI is InChI=1S/C16H13Br2F2NO.C16H11Br2F2NO.C4H8O2.3CH4/c2*1-9(22)4-11(16-14(17)2-3-15(18)21-16)5-10-6-12(19)8-13(20)7-10;1-3-6-4(2)5;;;/h2-3,6-8,11H,4-5H2,1H3;2-3,5-8H,4H2,1H3;3H2,1-2H3;3*1H4/b;11-5+;;;;/t11-;;;;;/m0...../s1. The second kappa shape index (κ2) is 25.9. The van der Waals surface area contributed by atoms with Crippen molar-refractivity contribution in [3.05, 3.63) is 125 Å². The molecule has 0 aliphatic heterocycles. The van der Waals surface area contributed by atoms with Gasteiger partial charge >= 0.3 is 5.97 Å². The Morgan fingerprint density at radius 1 is 0.717 bits per heavy atom. The maximum atomic E-state index is 13.3. The molecule has 4 rings (SSSR count). The predicted octanol–water partition coefficient (Wildman–Crippen LogP) is 13.1. The van der Waals surface area contributed by atoms with Crippen LogP contribution in [0.4, 0.5) is 17.6 Å². The topological polar surface area (TPSA) is 86.2 Å². The van der Waals surface area contributed by atoms with E-state index in [1.54, 1.807) is 31.2 Å². The lowest BCUT2D eigenvalue weighted by Gasteiger charge is -2.17. The van der Waals surface area contributed by atoms with E-state index < -0.39 is 23.3 Å². The number of halogens is 8. The zero-order valence-electron chi connectivity index (χ0n) is 27.3. The van der Waals surface area contributed by atoms with Crippen LogP contribution in [-0.2, 0) is 25.5 Å². The van der Waals surface area contributed by atoms with Gasteiger partial charge in [-0.3, -0.25) is 9.59 Å². The van der Waals surface area contributed by atoms with Gasteiger partial charge in [-0.1, -0.05) is 22.3 Å². The van der Waals surface area contributed by atoms with Gasteiger partial charge in [-0.25, -0.2) is 27.5 Å². The number of hydrogen-bond acceptors (Lipinski definition) is 6. The van der Waals surface area contributed by atoms with Crippen LogP contribution >= 0.6 is 63.7 Å². The third-order valence-corrected chi connectivity index (χ3v) is 8.49. The fourth-order valence-electron chi connectivity index (χ4n) is 4.52. The van der Waals surface area contributed by atoms with Crippen molar-refractivity contribution in [3.8, 4) is 0 Å². The maximum absolute atomic E-state index is 13.3. The first-order valence-corrected chi connectivity index (χ1v) is 18.0. The Kier molecular flexibility index (Phi) is 25.4. The van der Waals surface area contributed by atoms with E-state index in [4.69, 9.17) is 0 Å². The van der Waals surface area contributed by atoms with E-state index in [0.29, 0.717) is 54.8 Å². The largest absolute Gasteiger partial charge is 0.466 e. The summed E-state index contributed by atoms with van der Waals surface area (Å²) in [6.45, 7) is 6.59. The van der Waals surface area contributed by atoms with Crippen molar-refractivity contribution in [2.75, 3.05) is 6.61 Å². The van der Waals surface area contributed by atoms with Crippen LogP contribution in [0, 0.1) is 23.3 Å². The van der Waals surface area contributed by atoms with Crippen LogP contribution in [-0.4, -0.2) is 34.1 Å². The fraction of sp³-hybridized carbons (Fsp3) is 0.308. The first-order valence-electron chi connectivity index (χ1n) is 14.9. The van der Waals surface area contributed by atoms with Gasteiger partial charge in [0.15, 0.2) is 0 Å². The molecule has 0 bridgehead atoms. The van der Waals surface area contributed by atoms with Gasteiger partial charge in [0.25, 0.3) is 0 Å². The number of aromatic nitrogens is 2. The molecular weight excluding hydrogens is 956 g/mol. The van der Waals surface area contributed by atoms with Gasteiger partial charge < -0.3 is 9.53 Å². The third-order valence-electron chi connectivity index (χ3n) is 6.29. The molecule has 14 heteroatoms. The summed E-state index contributed by atoms with van der Waals surface area (Å²) in [5, 5.41) is 0. The van der Waals surface area contributed by atoms with Crippen LogP contribution < -0.4 is 0 Å². The summed E-state index contributed by atoms with van der Waals surface area (Å²) in [4.78, 5) is 41.6. The molecule has 0 radical (unpaired) electrons. The van der Waals surface area contributed by atoms with Crippen molar-refractivity contribution >= 4 is 92.9 Å². The highest BCUT2D eigenvalue weighted by Gasteiger charge is 2.20. The van der Waals surface area contributed by atoms with E-state index in [0.717, 1.165) is 16.6 Å². The van der Waals surface area contributed by atoms with E-state index in [-0.39, 0.29) is 58.6 Å². The molecular formula is C39H44Br4F4N2O4. The Balaban J connectivity index is 0. The molecule has 4 aromatic rings. The number of hydrogen-bond donors (Lipinski definition) is 0. The van der Waals surface area contributed by atoms with Crippen LogP contribution in [0.1, 0.15) is 91.2 Å². The second-order valence-electron chi connectivity index (χ2n) is 10.7. The molecule has 0 unspecified atom stereocenters. The Morgan fingerprint density at radius 3 is 1.66 bits per heavy atom. The zero-order valence-corrected chi connectivity index (χ0v) is 33.7. The molecule has 53 heavy (non-hydrogen) atoms. The molecule has 1 atom stereocenters. The predicted molar refractivity (Wildman–Crippen MR) is 219 cm³/mol. The lowest BCUT2D eigenvalue weighted by Crippen LogP contribution is -2.11. The van der Waals surface area contributed by atoms with Gasteiger partial charge in [0.05, 0.1) is 18.0 Å². The molecule has 2 aromatic carbocycles. The Morgan fingerprint density at radius 2 is 1.21 bits per heavy atom. The van der Waals surface area contributed by atoms with Gasteiger partial charge in [0.1, 0.15) is 44.0 Å². The lowest BCUT2D eigenvalue weighted by molar-refractivity contribution is -0.140. The van der Waals surface area contributed by atoms with E-state index in [1.807, 2.05) is 6.07 Å². The Bertz CT molecular complexity index is 1820. The minimum Gasteiger partial charge on any atom is -0.466 e. The van der Waals surface area contributed by atoms with Gasteiger partial charge in [-0.15, -0.1) is 0 Å². The molecule has 290 valence electrons. The zero-order chi connectivity index (χ0) is 37.5. The SMILES string of the molecule is C.C.C.CC(=O)C/C(=C\c1cc(F)cc(F)c1)c1nc(Br)ccc1Br.CC(=O)C[C@@H](Cc1cc(F)cc(F)c1)c1nc(Br)ccc1Br.CCOC(C)=O. The molecule has 0 aliphatic rings. The lowest BCUT2D eigenvalue weighted by atomic mass is 9.91. The summed E-state index contributed by atoms with van der Waals surface area (Å²) >= 11 is 13.4. The third kappa shape index (κ3) is 19.7. The normalized spacial score (nSPS) is 10.8. The monoisotopic (exact) mass is 996 g/mol. The summed E-state index contributed by atoms with van der Waals surface area (Å²) in [5.74, 6) is -3.14. The highest BCUT2D eigenvalue weighted by Crippen LogP contribution is 2.31. The highest BCUT2D eigenvalue weighted by molar-refractivity contribution is 9.11. The van der Waals surface area contributed by atoms with E-state index >= 15 is 0 Å². The highest BCUT2D eigenvalue weighted by atomic mass is 79.9. The summed E-state index contributed by atoms with van der Waals surface area (Å²) in [7, 11) is 0. The molecule has 6 nitrogen and oxygen atoms in total. The molecule has 0 amide bonds. The summed E-state index contributed by atoms with van der Waals surface area (Å²) in [6.07, 6.45) is 2.25. The number of esters is 1. The number of nitrogens with zero attached hydrogens (tertiary/aromatic N) is 2. The number of pyridine rings is 2. The Hall–Kier alpha value is -3.07. The van der Waals surface area contributed by atoms with E-state index in [1.165, 1.54) is 45.0 Å². The number of carbonyl (C=O) groups is 3. The average molecular weight is 1000 g/mol. The number of allylic oxidation sites excluding steroid dienone is 1. The Labute approximate surface area is 343 Å². The van der Waals surface area contributed by atoms with Gasteiger partial charge in [0.2, 0.25) is 0 Å². The molecule has 0 saturated heterocycles. The van der Waals surface area contributed by atoms with Crippen LogP contribution in [0.3, 0.4) is 0 Å². The van der Waals surface area contributed by atoms with Crippen LogP contribution in [0.5, 0.6) is 0 Å². The van der Waals surface area contributed by atoms with E-state index in [9.17, 15) is 31.9 Å². The van der Waals surface area contributed by atoms with Crippen molar-refractivity contribution in [2.45, 2.75) is 75.2 Å². The van der Waals surface area contributed by atoms with Gasteiger partial charge in [-0.05, 0) is 162 Å². The molecule has 2 aromatic heterocycles. The summed E-state index contributed by atoms with van der Waals surface area (Å²) < 4.78 is 60.4. The number of ketones is 2. The van der Waals surface area contributed by atoms with Crippen molar-refractivity contribution in [1.82, 2.24) is 9.97 Å². The number of benzene rings is 2. The number of ether oxygens (including phenoxy) is 1. The first kappa shape index (κ1) is 52.0.